The van der Waals surface area contributed by atoms with Gasteiger partial charge in [-0.1, -0.05) is 66.7 Å². The number of amides is 7. The van der Waals surface area contributed by atoms with Gasteiger partial charge in [-0.3, -0.25) is 39.1 Å². The summed E-state index contributed by atoms with van der Waals surface area (Å²) < 4.78 is 0. The molecule has 1 unspecified atom stereocenters. The molecule has 3 N–H and O–H groups in total. The largest absolute Gasteiger partial charge is 0.368 e. The van der Waals surface area contributed by atoms with E-state index in [1.54, 1.807) is 36.4 Å². The molecule has 5 aromatic carbocycles. The number of carbonyl (C=O) groups is 6. The van der Waals surface area contributed by atoms with Crippen molar-refractivity contribution in [1.82, 2.24) is 30.4 Å². The first-order chi connectivity index (χ1) is 32.7. The van der Waals surface area contributed by atoms with Gasteiger partial charge in [-0.25, -0.2) is 14.8 Å². The molecule has 1 atom stereocenters. The Labute approximate surface area is 387 Å². The molecule has 3 fully saturated rings. The highest BCUT2D eigenvalue weighted by Crippen LogP contribution is 2.34. The Balaban J connectivity index is 0.778. The number of fused-ring (bicyclic) bond motifs is 2. The van der Waals surface area contributed by atoms with Crippen molar-refractivity contribution in [3.8, 4) is 11.1 Å². The fourth-order valence-electron chi connectivity index (χ4n) is 9.71. The van der Waals surface area contributed by atoms with Gasteiger partial charge in [-0.15, -0.1) is 0 Å². The predicted molar refractivity (Wildman–Crippen MR) is 253 cm³/mol. The van der Waals surface area contributed by atoms with Crippen molar-refractivity contribution in [3.05, 3.63) is 150 Å². The smallest absolute Gasteiger partial charge is 0.322 e. The van der Waals surface area contributed by atoms with Gasteiger partial charge in [0.15, 0.2) is 0 Å². The van der Waals surface area contributed by atoms with E-state index >= 15 is 0 Å². The van der Waals surface area contributed by atoms with Gasteiger partial charge in [-0.05, 0) is 103 Å². The van der Waals surface area contributed by atoms with Crippen LogP contribution in [-0.2, 0) is 16.1 Å². The van der Waals surface area contributed by atoms with Crippen molar-refractivity contribution in [3.63, 3.8) is 0 Å². The second-order valence-electron chi connectivity index (χ2n) is 17.5. The van der Waals surface area contributed by atoms with Crippen LogP contribution in [-0.4, -0.2) is 99.6 Å². The number of carbonyl (C=O) groups excluding carboxylic acids is 6. The minimum Gasteiger partial charge on any atom is -0.368 e. The van der Waals surface area contributed by atoms with E-state index in [1.807, 2.05) is 88.8 Å². The first kappa shape index (κ1) is 43.0. The van der Waals surface area contributed by atoms with E-state index in [0.717, 1.165) is 58.4 Å². The summed E-state index contributed by atoms with van der Waals surface area (Å²) in [6, 6.07) is 37.1. The van der Waals surface area contributed by atoms with Crippen LogP contribution in [0.2, 0.25) is 0 Å². The van der Waals surface area contributed by atoms with Gasteiger partial charge in [0.1, 0.15) is 6.04 Å². The lowest BCUT2D eigenvalue weighted by molar-refractivity contribution is -0.136. The number of piperazine rings is 1. The summed E-state index contributed by atoms with van der Waals surface area (Å²) >= 11 is 0. The number of nitrogens with one attached hydrogen (secondary N) is 3. The number of hydrogen-bond donors (Lipinski definition) is 3. The van der Waals surface area contributed by atoms with Crippen LogP contribution < -0.4 is 25.8 Å². The zero-order valence-electron chi connectivity index (χ0n) is 36.8. The van der Waals surface area contributed by atoms with Crippen LogP contribution in [0, 0.1) is 0 Å². The van der Waals surface area contributed by atoms with E-state index in [2.05, 4.69) is 38.0 Å². The minimum absolute atomic E-state index is 0.00463. The number of para-hydroxylation sites is 1. The van der Waals surface area contributed by atoms with Gasteiger partial charge in [0.2, 0.25) is 17.8 Å². The molecule has 7 amide bonds. The fraction of sp³-hybridized carbons (Fsp3) is 0.269. The highest BCUT2D eigenvalue weighted by atomic mass is 16.2. The monoisotopic (exact) mass is 895 g/mol. The molecule has 3 aliphatic heterocycles. The van der Waals surface area contributed by atoms with Crippen LogP contribution in [0.3, 0.4) is 0 Å². The lowest BCUT2D eigenvalue weighted by Crippen LogP contribution is -2.54. The maximum absolute atomic E-state index is 14.1. The normalized spacial score (nSPS) is 19.5. The zero-order valence-corrected chi connectivity index (χ0v) is 36.8. The molecule has 338 valence electrons. The maximum atomic E-state index is 14.1. The van der Waals surface area contributed by atoms with Gasteiger partial charge >= 0.3 is 6.03 Å². The first-order valence-electron chi connectivity index (χ1n) is 22.9. The highest BCUT2D eigenvalue weighted by molar-refractivity contribution is 6.23. The van der Waals surface area contributed by atoms with Crippen LogP contribution in [0.15, 0.2) is 128 Å². The fourth-order valence-corrected chi connectivity index (χ4v) is 9.71. The van der Waals surface area contributed by atoms with Crippen molar-refractivity contribution >= 4 is 63.8 Å². The van der Waals surface area contributed by atoms with Crippen molar-refractivity contribution in [2.24, 2.45) is 0 Å². The van der Waals surface area contributed by atoms with E-state index in [9.17, 15) is 28.8 Å². The summed E-state index contributed by atoms with van der Waals surface area (Å²) in [5.74, 6) is -1.74. The van der Waals surface area contributed by atoms with E-state index < -0.39 is 29.7 Å². The molecule has 10 rings (SSSR count). The number of anilines is 3. The van der Waals surface area contributed by atoms with E-state index in [-0.39, 0.29) is 48.0 Å². The van der Waals surface area contributed by atoms with E-state index in [0.29, 0.717) is 55.4 Å². The summed E-state index contributed by atoms with van der Waals surface area (Å²) in [7, 11) is 0. The van der Waals surface area contributed by atoms with Crippen molar-refractivity contribution < 1.29 is 28.8 Å². The summed E-state index contributed by atoms with van der Waals surface area (Å²) in [4.78, 5) is 95.1. The third kappa shape index (κ3) is 8.92. The summed E-state index contributed by atoms with van der Waals surface area (Å²) in [5.41, 5.74) is 5.98. The minimum atomic E-state index is -1.05. The quantitative estimate of drug-likeness (QED) is 0.124. The third-order valence-corrected chi connectivity index (χ3v) is 13.3. The number of aromatic nitrogens is 2. The van der Waals surface area contributed by atoms with Gasteiger partial charge in [0.25, 0.3) is 17.7 Å². The Morgan fingerprint density at radius 1 is 0.716 bits per heavy atom. The molecule has 6 aromatic rings. The average Bonchev–Trinajstić information content (AvgIpc) is 3.61. The molecule has 0 bridgehead atoms. The molecule has 15 nitrogen and oxygen atoms in total. The summed E-state index contributed by atoms with van der Waals surface area (Å²) in [5, 5.41) is 9.92. The van der Waals surface area contributed by atoms with Gasteiger partial charge < -0.3 is 20.4 Å². The molecule has 4 heterocycles. The molecule has 1 aromatic heterocycles. The number of benzene rings is 5. The Hall–Kier alpha value is -7.94. The van der Waals surface area contributed by atoms with Gasteiger partial charge in [0, 0.05) is 79.7 Å². The molecule has 1 aliphatic carbocycles. The molecule has 2 saturated heterocycles. The summed E-state index contributed by atoms with van der Waals surface area (Å²) in [6.07, 6.45) is 5.30. The topological polar surface area (TPSA) is 177 Å². The SMILES string of the molecule is O=C1CCC(N2C(=O)c3ccc(-c4cccc(C(=O)N5CCN(c6ccc(N(C(=O)NCc7ccccc7)C7CCC(Nc8ncc9ccccc9n8)CC7)cc6)CC5)c4)cc3C2=O)C(=O)N1. The Bertz CT molecular complexity index is 2890. The molecule has 0 radical (unpaired) electrons. The maximum Gasteiger partial charge on any atom is 0.322 e. The molecule has 15 heteroatoms. The van der Waals surface area contributed by atoms with Crippen LogP contribution >= 0.6 is 0 Å². The predicted octanol–water partition coefficient (Wildman–Crippen LogP) is 6.80. The van der Waals surface area contributed by atoms with Crippen LogP contribution in [0.5, 0.6) is 0 Å². The van der Waals surface area contributed by atoms with Gasteiger partial charge in [-0.2, -0.15) is 0 Å². The van der Waals surface area contributed by atoms with Crippen LogP contribution in [0.1, 0.15) is 75.2 Å². The van der Waals surface area contributed by atoms with Crippen molar-refractivity contribution in [2.75, 3.05) is 41.3 Å². The third-order valence-electron chi connectivity index (χ3n) is 13.3. The lowest BCUT2D eigenvalue weighted by Gasteiger charge is -2.38. The Morgan fingerprint density at radius 2 is 1.45 bits per heavy atom. The Morgan fingerprint density at radius 3 is 2.22 bits per heavy atom. The molecule has 0 spiro atoms. The second-order valence-corrected chi connectivity index (χ2v) is 17.5. The molecular weight excluding hydrogens is 847 g/mol. The number of rotatable bonds is 10. The molecule has 67 heavy (non-hydrogen) atoms. The number of piperidine rings is 1. The Kier molecular flexibility index (Phi) is 11.9. The van der Waals surface area contributed by atoms with Crippen LogP contribution in [0.4, 0.5) is 22.1 Å². The average molecular weight is 896 g/mol. The van der Waals surface area contributed by atoms with E-state index in [1.165, 1.54) is 0 Å². The highest BCUT2D eigenvalue weighted by Gasteiger charge is 2.44. The standard InChI is InChI=1S/C52H49N9O6/c62-46-24-23-45(47(63)57-46)61-49(65)42-22-13-35(30-43(42)50(61)66)34-10-6-11-36(29-34)48(64)59-27-25-58(26-28-59)39-18-20-41(21-19-39)60(52(67)54-31-33-7-2-1-3-8-33)40-16-14-38(15-17-40)55-51-53-32-37-9-4-5-12-44(37)56-51/h1-13,18-22,29-30,32,38,40,45H,14-17,23-28,31H2,(H,54,67)(H,53,55,56)(H,57,62,63). The van der Waals surface area contributed by atoms with Crippen LogP contribution in [0.25, 0.3) is 22.0 Å². The van der Waals surface area contributed by atoms with Gasteiger partial charge in [0.05, 0.1) is 16.6 Å². The first-order valence-corrected chi connectivity index (χ1v) is 22.9. The molecular formula is C52H49N9O6. The number of nitrogens with zero attached hydrogens (tertiary/aromatic N) is 6. The molecule has 1 saturated carbocycles. The summed E-state index contributed by atoms with van der Waals surface area (Å²) in [6.45, 7) is 2.67. The van der Waals surface area contributed by atoms with Crippen molar-refractivity contribution in [2.45, 2.75) is 63.2 Å². The molecule has 4 aliphatic rings. The lowest BCUT2D eigenvalue weighted by atomic mass is 9.90. The number of hydrogen-bond acceptors (Lipinski definition) is 10. The zero-order chi connectivity index (χ0) is 46.0. The number of urea groups is 1. The number of imide groups is 2. The van der Waals surface area contributed by atoms with Crippen molar-refractivity contribution in [1.29, 1.82) is 0 Å². The second kappa shape index (κ2) is 18.5. The van der Waals surface area contributed by atoms with E-state index in [4.69, 9.17) is 4.98 Å².